The van der Waals surface area contributed by atoms with E-state index in [4.69, 9.17) is 4.42 Å². The molecular weight excluding hydrogens is 234 g/mol. The maximum absolute atomic E-state index is 5.91. The van der Waals surface area contributed by atoms with Crippen molar-refractivity contribution in [3.63, 3.8) is 0 Å². The Hall–Kier alpha value is -1.28. The smallest absolute Gasteiger partial charge is 0.134 e. The van der Waals surface area contributed by atoms with Crippen LogP contribution in [0.2, 0.25) is 0 Å². The van der Waals surface area contributed by atoms with Gasteiger partial charge >= 0.3 is 0 Å². The van der Waals surface area contributed by atoms with Crippen LogP contribution in [0.3, 0.4) is 0 Å². The number of hydrogen-bond donors (Lipinski definition) is 1. The fourth-order valence-corrected chi connectivity index (χ4v) is 2.91. The van der Waals surface area contributed by atoms with E-state index in [9.17, 15) is 0 Å². The summed E-state index contributed by atoms with van der Waals surface area (Å²) in [5.74, 6) is 1.05. The molecule has 1 aromatic heterocycles. The van der Waals surface area contributed by atoms with Gasteiger partial charge in [0.15, 0.2) is 0 Å². The average Bonchev–Trinajstić information content (AvgIpc) is 3.04. The predicted octanol–water partition coefficient (Wildman–Crippen LogP) is 4.66. The molecule has 1 heterocycles. The van der Waals surface area contributed by atoms with Gasteiger partial charge in [-0.15, -0.1) is 0 Å². The van der Waals surface area contributed by atoms with Crippen molar-refractivity contribution in [2.24, 2.45) is 5.41 Å². The fourth-order valence-electron chi connectivity index (χ4n) is 2.91. The second-order valence-electron chi connectivity index (χ2n) is 6.04. The maximum atomic E-state index is 5.91. The number of hydrogen-bond acceptors (Lipinski definition) is 2. The molecule has 0 spiro atoms. The van der Waals surface area contributed by atoms with Gasteiger partial charge in [-0.1, -0.05) is 31.5 Å². The van der Waals surface area contributed by atoms with Crippen LogP contribution in [0, 0.1) is 5.41 Å². The molecule has 0 radical (unpaired) electrons. The zero-order chi connectivity index (χ0) is 13.3. The van der Waals surface area contributed by atoms with Gasteiger partial charge in [-0.25, -0.2) is 0 Å². The Morgan fingerprint density at radius 3 is 2.79 bits per heavy atom. The van der Waals surface area contributed by atoms with Crippen LogP contribution in [0.15, 0.2) is 34.7 Å². The Morgan fingerprint density at radius 2 is 2.11 bits per heavy atom. The maximum Gasteiger partial charge on any atom is 0.134 e. The van der Waals surface area contributed by atoms with Crippen LogP contribution >= 0.6 is 0 Å². The highest BCUT2D eigenvalue weighted by Crippen LogP contribution is 2.49. The Morgan fingerprint density at radius 1 is 1.32 bits per heavy atom. The molecule has 1 aromatic carbocycles. The molecule has 0 saturated heterocycles. The lowest BCUT2D eigenvalue weighted by atomic mass is 10.0. The Labute approximate surface area is 115 Å². The molecule has 102 valence electrons. The van der Waals surface area contributed by atoms with Crippen LogP contribution in [-0.4, -0.2) is 6.54 Å². The average molecular weight is 257 g/mol. The van der Waals surface area contributed by atoms with Crippen molar-refractivity contribution in [2.75, 3.05) is 6.54 Å². The normalized spacial score (nSPS) is 18.6. The third-order valence-corrected chi connectivity index (χ3v) is 4.39. The summed E-state index contributed by atoms with van der Waals surface area (Å²) in [5, 5.41) is 4.85. The van der Waals surface area contributed by atoms with Crippen LogP contribution in [0.25, 0.3) is 11.0 Å². The second kappa shape index (κ2) is 5.01. The van der Waals surface area contributed by atoms with Crippen molar-refractivity contribution in [2.45, 2.75) is 45.6 Å². The molecule has 1 atom stereocenters. The quantitative estimate of drug-likeness (QED) is 0.814. The van der Waals surface area contributed by atoms with Gasteiger partial charge in [0.25, 0.3) is 0 Å². The van der Waals surface area contributed by atoms with Crippen molar-refractivity contribution < 1.29 is 4.42 Å². The molecule has 19 heavy (non-hydrogen) atoms. The topological polar surface area (TPSA) is 25.2 Å². The first-order chi connectivity index (χ1) is 9.22. The molecular formula is C17H23NO. The van der Waals surface area contributed by atoms with Gasteiger partial charge in [0.05, 0.1) is 6.04 Å². The summed E-state index contributed by atoms with van der Waals surface area (Å²) in [6.45, 7) is 5.60. The van der Waals surface area contributed by atoms with E-state index in [1.165, 1.54) is 31.1 Å². The summed E-state index contributed by atoms with van der Waals surface area (Å²) in [4.78, 5) is 0. The molecule has 2 nitrogen and oxygen atoms in total. The minimum absolute atomic E-state index is 0.293. The molecule has 1 unspecified atom stereocenters. The first-order valence-corrected chi connectivity index (χ1v) is 7.44. The van der Waals surface area contributed by atoms with Gasteiger partial charge < -0.3 is 9.73 Å². The summed E-state index contributed by atoms with van der Waals surface area (Å²) in [6, 6.07) is 10.7. The summed E-state index contributed by atoms with van der Waals surface area (Å²) >= 11 is 0. The molecule has 1 fully saturated rings. The minimum atomic E-state index is 0.293. The van der Waals surface area contributed by atoms with Crippen LogP contribution in [0.1, 0.15) is 51.3 Å². The lowest BCUT2D eigenvalue weighted by Gasteiger charge is -2.18. The van der Waals surface area contributed by atoms with E-state index < -0.39 is 0 Å². The second-order valence-corrected chi connectivity index (χ2v) is 6.04. The van der Waals surface area contributed by atoms with Gasteiger partial charge in [0.2, 0.25) is 0 Å². The standard InChI is InChI=1S/C17H23NO/c1-3-8-17(9-10-17)12-18-13(2)16-11-14-6-4-5-7-15(14)19-16/h4-7,11,13,18H,3,8-10,12H2,1-2H3. The van der Waals surface area contributed by atoms with E-state index >= 15 is 0 Å². The molecule has 0 bridgehead atoms. The van der Waals surface area contributed by atoms with Crippen LogP contribution in [0.5, 0.6) is 0 Å². The van der Waals surface area contributed by atoms with Crippen molar-refractivity contribution in [3.8, 4) is 0 Å². The van der Waals surface area contributed by atoms with E-state index in [1.807, 2.05) is 12.1 Å². The number of benzene rings is 1. The first kappa shape index (κ1) is 12.7. The molecule has 0 aliphatic heterocycles. The number of furan rings is 1. The zero-order valence-electron chi connectivity index (χ0n) is 11.9. The van der Waals surface area contributed by atoms with Crippen molar-refractivity contribution in [1.82, 2.24) is 5.32 Å². The van der Waals surface area contributed by atoms with Crippen LogP contribution < -0.4 is 5.32 Å². The fraction of sp³-hybridized carbons (Fsp3) is 0.529. The Balaban J connectivity index is 1.65. The predicted molar refractivity (Wildman–Crippen MR) is 79.2 cm³/mol. The highest BCUT2D eigenvalue weighted by Gasteiger charge is 2.41. The highest BCUT2D eigenvalue weighted by atomic mass is 16.3. The van der Waals surface area contributed by atoms with Gasteiger partial charge in [-0.3, -0.25) is 0 Å². The van der Waals surface area contributed by atoms with Gasteiger partial charge in [0, 0.05) is 11.9 Å². The van der Waals surface area contributed by atoms with Crippen LogP contribution in [0.4, 0.5) is 0 Å². The summed E-state index contributed by atoms with van der Waals surface area (Å²) < 4.78 is 5.91. The third-order valence-electron chi connectivity index (χ3n) is 4.39. The largest absolute Gasteiger partial charge is 0.459 e. The Kier molecular flexibility index (Phi) is 3.36. The molecule has 2 aromatic rings. The zero-order valence-corrected chi connectivity index (χ0v) is 11.9. The van der Waals surface area contributed by atoms with Crippen LogP contribution in [-0.2, 0) is 0 Å². The highest BCUT2D eigenvalue weighted by molar-refractivity contribution is 5.77. The van der Waals surface area contributed by atoms with E-state index in [0.717, 1.165) is 17.9 Å². The summed E-state index contributed by atoms with van der Waals surface area (Å²) in [6.07, 6.45) is 5.43. The van der Waals surface area contributed by atoms with Gasteiger partial charge in [-0.05, 0) is 43.7 Å². The van der Waals surface area contributed by atoms with Gasteiger partial charge in [-0.2, -0.15) is 0 Å². The van der Waals surface area contributed by atoms with Crippen molar-refractivity contribution >= 4 is 11.0 Å². The molecule has 1 aliphatic carbocycles. The molecule has 3 rings (SSSR count). The van der Waals surface area contributed by atoms with E-state index in [1.54, 1.807) is 0 Å². The minimum Gasteiger partial charge on any atom is -0.459 e. The number of nitrogens with one attached hydrogen (secondary N) is 1. The van der Waals surface area contributed by atoms with E-state index in [2.05, 4.69) is 37.4 Å². The lowest BCUT2D eigenvalue weighted by Crippen LogP contribution is -2.26. The van der Waals surface area contributed by atoms with Gasteiger partial charge in [0.1, 0.15) is 11.3 Å². The number of fused-ring (bicyclic) bond motifs is 1. The summed E-state index contributed by atoms with van der Waals surface area (Å²) in [5.41, 5.74) is 1.58. The number of para-hydroxylation sites is 1. The van der Waals surface area contributed by atoms with E-state index in [0.29, 0.717) is 11.5 Å². The molecule has 1 N–H and O–H groups in total. The van der Waals surface area contributed by atoms with Crippen molar-refractivity contribution in [3.05, 3.63) is 36.1 Å². The first-order valence-electron chi connectivity index (χ1n) is 7.44. The molecule has 2 heteroatoms. The molecule has 1 aliphatic rings. The van der Waals surface area contributed by atoms with E-state index in [-0.39, 0.29) is 0 Å². The van der Waals surface area contributed by atoms with Crippen molar-refractivity contribution in [1.29, 1.82) is 0 Å². The summed E-state index contributed by atoms with van der Waals surface area (Å²) in [7, 11) is 0. The molecule has 1 saturated carbocycles. The third kappa shape index (κ3) is 2.69. The SMILES string of the molecule is CCCC1(CNC(C)c2cc3ccccc3o2)CC1. The monoisotopic (exact) mass is 257 g/mol. The Bertz CT molecular complexity index is 520. The lowest BCUT2D eigenvalue weighted by molar-refractivity contribution is 0.372. The number of rotatable bonds is 6. The molecule has 0 amide bonds.